The summed E-state index contributed by atoms with van der Waals surface area (Å²) in [5.74, 6) is 1.43. The molecule has 1 amide bonds. The van der Waals surface area contributed by atoms with Crippen molar-refractivity contribution in [2.45, 2.75) is 26.3 Å². The molecule has 0 bridgehead atoms. The molecule has 1 aliphatic rings. The Labute approximate surface area is 116 Å². The Morgan fingerprint density at radius 3 is 2.90 bits per heavy atom. The minimum Gasteiger partial charge on any atom is -0.454 e. The van der Waals surface area contributed by atoms with Crippen LogP contribution in [0.25, 0.3) is 0 Å². The number of carbonyl (C=O) groups excluding carboxylic acids is 1. The number of hydrogen-bond donors (Lipinski definition) is 1. The molecular formula is C13H17NO6. The topological polar surface area (TPSA) is 77.5 Å². The third-order valence-corrected chi connectivity index (χ3v) is 3.18. The van der Waals surface area contributed by atoms with Crippen molar-refractivity contribution in [2.24, 2.45) is 0 Å². The van der Waals surface area contributed by atoms with Crippen molar-refractivity contribution in [3.8, 4) is 11.5 Å². The molecule has 0 aliphatic carbocycles. The molecule has 1 heterocycles. The molecule has 0 fully saturated rings. The lowest BCUT2D eigenvalue weighted by Gasteiger charge is -2.25. The normalized spacial score (nSPS) is 13.9. The zero-order valence-corrected chi connectivity index (χ0v) is 11.4. The van der Waals surface area contributed by atoms with Crippen molar-refractivity contribution in [2.75, 3.05) is 13.3 Å². The average Bonchev–Trinajstić information content (AvgIpc) is 2.87. The Morgan fingerprint density at radius 2 is 2.20 bits per heavy atom. The highest BCUT2D eigenvalue weighted by Gasteiger charge is 2.22. The van der Waals surface area contributed by atoms with Crippen molar-refractivity contribution < 1.29 is 29.5 Å². The largest absolute Gasteiger partial charge is 0.454 e. The van der Waals surface area contributed by atoms with Crippen LogP contribution in [-0.2, 0) is 16.3 Å². The van der Waals surface area contributed by atoms with Crippen molar-refractivity contribution in [1.82, 2.24) is 4.90 Å². The van der Waals surface area contributed by atoms with Crippen molar-refractivity contribution >= 4 is 6.09 Å². The molecule has 1 aliphatic heterocycles. The molecular weight excluding hydrogens is 266 g/mol. The maximum Gasteiger partial charge on any atom is 0.444 e. The highest BCUT2D eigenvalue weighted by atomic mass is 17.5. The molecule has 2 rings (SSSR count). The third kappa shape index (κ3) is 3.12. The maximum absolute atomic E-state index is 11.6. The number of benzene rings is 1. The molecule has 0 aromatic heterocycles. The van der Waals surface area contributed by atoms with E-state index in [2.05, 4.69) is 9.93 Å². The van der Waals surface area contributed by atoms with Crippen molar-refractivity contribution in [1.29, 1.82) is 0 Å². The van der Waals surface area contributed by atoms with Crippen LogP contribution in [0.3, 0.4) is 0 Å². The molecule has 1 N–H and O–H groups in total. The van der Waals surface area contributed by atoms with Gasteiger partial charge >= 0.3 is 6.09 Å². The van der Waals surface area contributed by atoms with Crippen LogP contribution in [0.2, 0.25) is 0 Å². The van der Waals surface area contributed by atoms with Crippen LogP contribution in [-0.4, -0.2) is 35.6 Å². The second-order valence-corrected chi connectivity index (χ2v) is 4.45. The fraction of sp³-hybridized carbons (Fsp3) is 0.462. The van der Waals surface area contributed by atoms with Crippen LogP contribution in [0, 0.1) is 0 Å². The average molecular weight is 283 g/mol. The summed E-state index contributed by atoms with van der Waals surface area (Å²) < 4.78 is 10.6. The Hall–Kier alpha value is -1.99. The van der Waals surface area contributed by atoms with Gasteiger partial charge < -0.3 is 14.4 Å². The molecule has 1 atom stereocenters. The number of carbonyl (C=O) groups is 1. The molecule has 110 valence electrons. The Bertz CT molecular complexity index is 478. The van der Waals surface area contributed by atoms with Gasteiger partial charge in [0.2, 0.25) is 6.79 Å². The van der Waals surface area contributed by atoms with E-state index in [9.17, 15) is 4.79 Å². The summed E-state index contributed by atoms with van der Waals surface area (Å²) in [6.07, 6.45) is -0.117. The minimum absolute atomic E-state index is 0.122. The first kappa shape index (κ1) is 14.4. The van der Waals surface area contributed by atoms with Gasteiger partial charge in [0.15, 0.2) is 11.5 Å². The monoisotopic (exact) mass is 283 g/mol. The van der Waals surface area contributed by atoms with Gasteiger partial charge in [0, 0.05) is 12.6 Å². The Balaban J connectivity index is 2.02. The molecule has 0 spiro atoms. The molecule has 1 aromatic rings. The van der Waals surface area contributed by atoms with E-state index in [0.29, 0.717) is 18.7 Å². The number of fused-ring (bicyclic) bond motifs is 1. The van der Waals surface area contributed by atoms with Crippen LogP contribution in [0.4, 0.5) is 4.79 Å². The van der Waals surface area contributed by atoms with Gasteiger partial charge in [-0.3, -0.25) is 0 Å². The first-order chi connectivity index (χ1) is 9.65. The predicted molar refractivity (Wildman–Crippen MR) is 68.3 cm³/mol. The molecule has 1 aromatic carbocycles. The first-order valence-corrected chi connectivity index (χ1v) is 6.33. The third-order valence-electron chi connectivity index (χ3n) is 3.18. The minimum atomic E-state index is -0.733. The van der Waals surface area contributed by atoms with E-state index >= 15 is 0 Å². The maximum atomic E-state index is 11.6. The number of likely N-dealkylation sites (N-methyl/N-ethyl adjacent to an activating group) is 1. The van der Waals surface area contributed by atoms with E-state index in [1.54, 1.807) is 0 Å². The van der Waals surface area contributed by atoms with Crippen LogP contribution in [0.1, 0.15) is 19.4 Å². The van der Waals surface area contributed by atoms with Crippen LogP contribution < -0.4 is 9.47 Å². The van der Waals surface area contributed by atoms with Gasteiger partial charge in [-0.2, -0.15) is 0 Å². The summed E-state index contributed by atoms with van der Waals surface area (Å²) in [5, 5.41) is 11.6. The Kier molecular flexibility index (Phi) is 4.65. The fourth-order valence-corrected chi connectivity index (χ4v) is 2.22. The highest BCUT2D eigenvalue weighted by Crippen LogP contribution is 2.32. The van der Waals surface area contributed by atoms with E-state index in [1.165, 1.54) is 4.90 Å². The van der Waals surface area contributed by atoms with Gasteiger partial charge in [-0.1, -0.05) is 6.07 Å². The lowest BCUT2D eigenvalue weighted by molar-refractivity contribution is -0.458. The molecule has 0 saturated heterocycles. The van der Waals surface area contributed by atoms with Crippen LogP contribution >= 0.6 is 0 Å². The van der Waals surface area contributed by atoms with E-state index in [-0.39, 0.29) is 12.8 Å². The molecule has 7 nitrogen and oxygen atoms in total. The summed E-state index contributed by atoms with van der Waals surface area (Å²) in [4.78, 5) is 17.1. The summed E-state index contributed by atoms with van der Waals surface area (Å²) in [5.41, 5.74) is 1.01. The molecule has 0 radical (unpaired) electrons. The number of hydrogen-bond acceptors (Lipinski definition) is 6. The van der Waals surface area contributed by atoms with Gasteiger partial charge in [0.1, 0.15) is 0 Å². The van der Waals surface area contributed by atoms with Gasteiger partial charge in [-0.15, -0.1) is 0 Å². The SMILES string of the molecule is CCN(C(=O)OOO)C(C)Cc1ccc2c(c1)OCO2. The number of nitrogens with zero attached hydrogens (tertiary/aromatic N) is 1. The lowest BCUT2D eigenvalue weighted by Crippen LogP contribution is -2.40. The molecule has 7 heteroatoms. The highest BCUT2D eigenvalue weighted by molar-refractivity contribution is 5.67. The van der Waals surface area contributed by atoms with Crippen molar-refractivity contribution in [3.05, 3.63) is 23.8 Å². The van der Waals surface area contributed by atoms with E-state index in [0.717, 1.165) is 11.3 Å². The van der Waals surface area contributed by atoms with Gasteiger partial charge in [-0.25, -0.2) is 14.9 Å². The number of rotatable bonds is 5. The van der Waals surface area contributed by atoms with Crippen LogP contribution in [0.15, 0.2) is 18.2 Å². The zero-order chi connectivity index (χ0) is 14.5. The lowest BCUT2D eigenvalue weighted by atomic mass is 10.1. The van der Waals surface area contributed by atoms with Crippen LogP contribution in [0.5, 0.6) is 11.5 Å². The number of amides is 1. The van der Waals surface area contributed by atoms with E-state index < -0.39 is 6.09 Å². The molecule has 0 saturated carbocycles. The molecule has 1 unspecified atom stereocenters. The first-order valence-electron chi connectivity index (χ1n) is 6.33. The number of ether oxygens (including phenoxy) is 2. The van der Waals surface area contributed by atoms with E-state index in [1.807, 2.05) is 32.0 Å². The summed E-state index contributed by atoms with van der Waals surface area (Å²) in [6, 6.07) is 5.53. The van der Waals surface area contributed by atoms with Gasteiger partial charge in [0.25, 0.3) is 0 Å². The fourth-order valence-electron chi connectivity index (χ4n) is 2.22. The summed E-state index contributed by atoms with van der Waals surface area (Å²) in [7, 11) is 0. The standard InChI is InChI=1S/C13H17NO6/c1-3-14(13(15)19-20-16)9(2)6-10-4-5-11-12(7-10)18-8-17-11/h4-5,7,9,16H,3,6,8H2,1-2H3. The summed E-state index contributed by atoms with van der Waals surface area (Å²) >= 11 is 0. The van der Waals surface area contributed by atoms with Gasteiger partial charge in [-0.05, 0) is 43.0 Å². The van der Waals surface area contributed by atoms with Crippen molar-refractivity contribution in [3.63, 3.8) is 0 Å². The smallest absolute Gasteiger partial charge is 0.444 e. The Morgan fingerprint density at radius 1 is 1.45 bits per heavy atom. The zero-order valence-electron chi connectivity index (χ0n) is 11.4. The quantitative estimate of drug-likeness (QED) is 0.659. The second-order valence-electron chi connectivity index (χ2n) is 4.45. The predicted octanol–water partition coefficient (Wildman–Crippen LogP) is 2.21. The second kappa shape index (κ2) is 6.44. The van der Waals surface area contributed by atoms with E-state index in [4.69, 9.17) is 14.7 Å². The molecule has 20 heavy (non-hydrogen) atoms. The van der Waals surface area contributed by atoms with Gasteiger partial charge in [0.05, 0.1) is 0 Å². The summed E-state index contributed by atoms with van der Waals surface area (Å²) in [6.45, 7) is 4.37.